The zero-order chi connectivity index (χ0) is 16.5. The Balaban J connectivity index is 1.79. The Kier molecular flexibility index (Phi) is 3.43. The van der Waals surface area contributed by atoms with Crippen molar-refractivity contribution >= 4 is 22.7 Å². The molecule has 0 spiro atoms. The molecule has 2 aromatic rings. The van der Waals surface area contributed by atoms with Crippen molar-refractivity contribution in [1.29, 1.82) is 0 Å². The molecule has 0 fully saturated rings. The molecule has 0 N–H and O–H groups in total. The van der Waals surface area contributed by atoms with E-state index in [9.17, 15) is 9.59 Å². The first-order valence-corrected chi connectivity index (χ1v) is 7.79. The maximum Gasteiger partial charge on any atom is 0.186 e. The minimum absolute atomic E-state index is 0.0314. The van der Waals surface area contributed by atoms with Gasteiger partial charge in [0.15, 0.2) is 11.6 Å². The summed E-state index contributed by atoms with van der Waals surface area (Å²) in [7, 11) is 0. The summed E-state index contributed by atoms with van der Waals surface area (Å²) in [5, 5.41) is 0. The third-order valence-corrected chi connectivity index (χ3v) is 4.28. The second kappa shape index (κ2) is 5.74. The first kappa shape index (κ1) is 14.3. The number of hydrogen-bond donors (Lipinski definition) is 0. The van der Waals surface area contributed by atoms with Crippen LogP contribution in [0.15, 0.2) is 85.0 Å². The minimum atomic E-state index is 0.0314. The quantitative estimate of drug-likeness (QED) is 0.768. The smallest absolute Gasteiger partial charge is 0.186 e. The Morgan fingerprint density at radius 2 is 0.875 bits per heavy atom. The highest BCUT2D eigenvalue weighted by Crippen LogP contribution is 2.29. The fourth-order valence-electron chi connectivity index (χ4n) is 3.06. The third-order valence-electron chi connectivity index (χ3n) is 4.28. The Labute approximate surface area is 140 Å². The van der Waals surface area contributed by atoms with Gasteiger partial charge in [-0.15, -0.1) is 0 Å². The molecule has 2 heteroatoms. The van der Waals surface area contributed by atoms with E-state index < -0.39 is 0 Å². The number of ketones is 2. The molecule has 0 aromatic heterocycles. The molecule has 0 amide bonds. The zero-order valence-corrected chi connectivity index (χ0v) is 12.9. The zero-order valence-electron chi connectivity index (χ0n) is 12.9. The van der Waals surface area contributed by atoms with Crippen LogP contribution in [-0.2, 0) is 0 Å². The molecule has 2 aliphatic rings. The number of carbonyl (C=O) groups is 2. The van der Waals surface area contributed by atoms with Gasteiger partial charge in [0.2, 0.25) is 0 Å². The van der Waals surface area contributed by atoms with Crippen LogP contribution in [-0.4, -0.2) is 11.6 Å². The Hall–Kier alpha value is -3.26. The maximum atomic E-state index is 12.0. The van der Waals surface area contributed by atoms with Gasteiger partial charge in [-0.25, -0.2) is 0 Å². The summed E-state index contributed by atoms with van der Waals surface area (Å²) in [6.45, 7) is 0. The summed E-state index contributed by atoms with van der Waals surface area (Å²) in [6.07, 6.45) is 10.9. The van der Waals surface area contributed by atoms with Crippen molar-refractivity contribution in [2.45, 2.75) is 0 Å². The molecule has 0 saturated heterocycles. The van der Waals surface area contributed by atoms with Crippen molar-refractivity contribution in [3.05, 3.63) is 107 Å². The average molecular weight is 310 g/mol. The van der Waals surface area contributed by atoms with Crippen molar-refractivity contribution < 1.29 is 9.59 Å². The first-order valence-electron chi connectivity index (χ1n) is 7.79. The van der Waals surface area contributed by atoms with E-state index in [0.717, 1.165) is 33.4 Å². The van der Waals surface area contributed by atoms with E-state index in [-0.39, 0.29) is 11.6 Å². The van der Waals surface area contributed by atoms with Gasteiger partial charge < -0.3 is 0 Å². The maximum absolute atomic E-state index is 12.0. The molecule has 0 saturated carbocycles. The topological polar surface area (TPSA) is 34.1 Å². The van der Waals surface area contributed by atoms with Gasteiger partial charge in [-0.2, -0.15) is 0 Å². The highest BCUT2D eigenvalue weighted by atomic mass is 16.1. The third kappa shape index (κ3) is 2.38. The predicted molar refractivity (Wildman–Crippen MR) is 95.8 cm³/mol. The van der Waals surface area contributed by atoms with E-state index in [4.69, 9.17) is 0 Å². The number of benzene rings is 2. The van der Waals surface area contributed by atoms with Gasteiger partial charge in [-0.05, 0) is 34.4 Å². The van der Waals surface area contributed by atoms with Crippen LogP contribution in [0.2, 0.25) is 0 Å². The van der Waals surface area contributed by atoms with Crippen molar-refractivity contribution in [1.82, 2.24) is 0 Å². The van der Waals surface area contributed by atoms with Crippen LogP contribution in [0.3, 0.4) is 0 Å². The summed E-state index contributed by atoms with van der Waals surface area (Å²) in [6, 6.07) is 15.2. The van der Waals surface area contributed by atoms with E-state index in [0.29, 0.717) is 0 Å². The van der Waals surface area contributed by atoms with Crippen molar-refractivity contribution in [3.8, 4) is 0 Å². The molecule has 0 radical (unpaired) electrons. The van der Waals surface area contributed by atoms with Gasteiger partial charge in [-0.3, -0.25) is 9.59 Å². The van der Waals surface area contributed by atoms with Crippen molar-refractivity contribution in [3.63, 3.8) is 0 Å². The van der Waals surface area contributed by atoms with E-state index in [2.05, 4.69) is 0 Å². The van der Waals surface area contributed by atoms with E-state index in [1.54, 1.807) is 12.2 Å². The molecule has 0 bridgehead atoms. The van der Waals surface area contributed by atoms with Crippen LogP contribution in [0, 0.1) is 0 Å². The molecule has 114 valence electrons. The van der Waals surface area contributed by atoms with Gasteiger partial charge in [0.05, 0.1) is 0 Å². The van der Waals surface area contributed by atoms with Gasteiger partial charge in [-0.1, -0.05) is 72.8 Å². The lowest BCUT2D eigenvalue weighted by Crippen LogP contribution is -2.05. The number of allylic oxidation sites excluding steroid dienone is 8. The van der Waals surface area contributed by atoms with Gasteiger partial charge in [0, 0.05) is 11.1 Å². The highest BCUT2D eigenvalue weighted by Gasteiger charge is 2.16. The van der Waals surface area contributed by atoms with Crippen molar-refractivity contribution in [2.24, 2.45) is 0 Å². The SMILES string of the molecule is O=C1C=C/C(=C/C=C2\C=CC(=O)c3ccccc32)c2ccccc21. The summed E-state index contributed by atoms with van der Waals surface area (Å²) in [5.41, 5.74) is 5.29. The molecule has 4 rings (SSSR count). The summed E-state index contributed by atoms with van der Waals surface area (Å²) < 4.78 is 0. The first-order chi connectivity index (χ1) is 11.7. The fraction of sp³-hybridized carbons (Fsp3) is 0. The monoisotopic (exact) mass is 310 g/mol. The molecule has 2 aromatic carbocycles. The van der Waals surface area contributed by atoms with Gasteiger partial charge in [0.1, 0.15) is 0 Å². The van der Waals surface area contributed by atoms with Crippen LogP contribution < -0.4 is 0 Å². The Morgan fingerprint density at radius 1 is 0.500 bits per heavy atom. The molecule has 0 aliphatic heterocycles. The molecule has 0 heterocycles. The minimum Gasteiger partial charge on any atom is -0.289 e. The highest BCUT2D eigenvalue weighted by molar-refractivity contribution is 6.13. The van der Waals surface area contributed by atoms with E-state index >= 15 is 0 Å². The number of fused-ring (bicyclic) bond motifs is 2. The molecule has 0 unspecified atom stereocenters. The molecule has 0 atom stereocenters. The molecule has 2 nitrogen and oxygen atoms in total. The van der Waals surface area contributed by atoms with Crippen LogP contribution >= 0.6 is 0 Å². The summed E-state index contributed by atoms with van der Waals surface area (Å²) >= 11 is 0. The van der Waals surface area contributed by atoms with Crippen LogP contribution in [0.1, 0.15) is 31.8 Å². The van der Waals surface area contributed by atoms with E-state index in [1.165, 1.54) is 0 Å². The number of rotatable bonds is 1. The summed E-state index contributed by atoms with van der Waals surface area (Å²) in [4.78, 5) is 23.9. The van der Waals surface area contributed by atoms with E-state index in [1.807, 2.05) is 72.8 Å². The molecule has 2 aliphatic carbocycles. The van der Waals surface area contributed by atoms with Crippen molar-refractivity contribution in [2.75, 3.05) is 0 Å². The molecule has 24 heavy (non-hydrogen) atoms. The fourth-order valence-corrected chi connectivity index (χ4v) is 3.06. The lowest BCUT2D eigenvalue weighted by molar-refractivity contribution is 0.103. The second-order valence-electron chi connectivity index (χ2n) is 5.73. The molecular formula is C22H14O2. The largest absolute Gasteiger partial charge is 0.289 e. The van der Waals surface area contributed by atoms with Gasteiger partial charge in [0.25, 0.3) is 0 Å². The lowest BCUT2D eigenvalue weighted by atomic mass is 9.89. The Bertz CT molecular complexity index is 903. The normalized spacial score (nSPS) is 18.8. The van der Waals surface area contributed by atoms with Crippen LogP contribution in [0.25, 0.3) is 11.1 Å². The summed E-state index contributed by atoms with van der Waals surface area (Å²) in [5.74, 6) is 0.0628. The lowest BCUT2D eigenvalue weighted by Gasteiger charge is -2.14. The van der Waals surface area contributed by atoms with Crippen LogP contribution in [0.5, 0.6) is 0 Å². The predicted octanol–water partition coefficient (Wildman–Crippen LogP) is 4.66. The van der Waals surface area contributed by atoms with Gasteiger partial charge >= 0.3 is 0 Å². The number of carbonyl (C=O) groups excluding carboxylic acids is 2. The molecular weight excluding hydrogens is 296 g/mol. The Morgan fingerprint density at radius 3 is 1.29 bits per heavy atom. The number of hydrogen-bond acceptors (Lipinski definition) is 2. The van der Waals surface area contributed by atoms with Crippen LogP contribution in [0.4, 0.5) is 0 Å². The standard InChI is InChI=1S/C22H14O2/c23-21-13-11-15(17-5-1-3-7-19(17)21)9-10-16-12-14-22(24)20-8-4-2-6-18(16)20/h1-14H/b15-9-,16-10+. The second-order valence-corrected chi connectivity index (χ2v) is 5.73. The average Bonchev–Trinajstić information content (AvgIpc) is 2.63.